The quantitative estimate of drug-likeness (QED) is 0.328. The van der Waals surface area contributed by atoms with Crippen molar-refractivity contribution >= 4 is 0 Å². The van der Waals surface area contributed by atoms with Crippen LogP contribution in [0.2, 0.25) is 0 Å². The first-order chi connectivity index (χ1) is 16.5. The minimum Gasteiger partial charge on any atom is -0.490 e. The lowest BCUT2D eigenvalue weighted by atomic mass is 9.68. The Morgan fingerprint density at radius 2 is 1.53 bits per heavy atom. The molecule has 0 spiro atoms. The molecule has 0 amide bonds. The van der Waals surface area contributed by atoms with Crippen LogP contribution in [-0.2, 0) is 0 Å². The second-order valence-electron chi connectivity index (χ2n) is 10.6. The molecule has 0 saturated heterocycles. The van der Waals surface area contributed by atoms with Crippen LogP contribution in [0.15, 0.2) is 12.1 Å². The predicted molar refractivity (Wildman–Crippen MR) is 129 cm³/mol. The molecule has 3 aliphatic rings. The van der Waals surface area contributed by atoms with E-state index in [1.54, 1.807) is 6.07 Å². The monoisotopic (exact) mass is 480 g/mol. The van der Waals surface area contributed by atoms with Crippen LogP contribution in [0.25, 0.3) is 0 Å². The van der Waals surface area contributed by atoms with Gasteiger partial charge in [-0.25, -0.2) is 0 Å². The minimum absolute atomic E-state index is 0.0502. The van der Waals surface area contributed by atoms with Gasteiger partial charge in [0, 0.05) is 12.2 Å². The molecule has 1 aliphatic heterocycles. The molecule has 2 saturated carbocycles. The second kappa shape index (κ2) is 11.9. The highest BCUT2D eigenvalue weighted by molar-refractivity contribution is 5.58. The van der Waals surface area contributed by atoms with Crippen LogP contribution in [0.3, 0.4) is 0 Å². The Balaban J connectivity index is 1.34. The summed E-state index contributed by atoms with van der Waals surface area (Å²) >= 11 is 0. The molecule has 0 bridgehead atoms. The van der Waals surface area contributed by atoms with Crippen molar-refractivity contribution in [2.24, 2.45) is 17.8 Å². The fourth-order valence-electron chi connectivity index (χ4n) is 6.46. The van der Waals surface area contributed by atoms with Crippen LogP contribution < -0.4 is 14.2 Å². The highest BCUT2D eigenvalue weighted by Gasteiger charge is 2.47. The van der Waals surface area contributed by atoms with E-state index in [9.17, 15) is 8.78 Å². The Morgan fingerprint density at radius 3 is 2.21 bits per heavy atom. The maximum absolute atomic E-state index is 14.1. The first-order valence-electron chi connectivity index (χ1n) is 13.7. The number of fused-ring (bicyclic) bond motifs is 1. The van der Waals surface area contributed by atoms with Crippen LogP contribution in [0.4, 0.5) is 8.78 Å². The Hall–Kier alpha value is -1.56. The number of alkyl halides is 2. The molecule has 0 radical (unpaired) electrons. The van der Waals surface area contributed by atoms with Crippen LogP contribution in [0, 0.1) is 17.8 Å². The van der Waals surface area contributed by atoms with Crippen LogP contribution in [0.1, 0.15) is 108 Å². The Labute approximate surface area is 203 Å². The van der Waals surface area contributed by atoms with Gasteiger partial charge in [-0.05, 0) is 87.5 Å². The van der Waals surface area contributed by atoms with E-state index in [0.717, 1.165) is 61.8 Å². The van der Waals surface area contributed by atoms with Gasteiger partial charge in [0.25, 0.3) is 0 Å². The van der Waals surface area contributed by atoms with E-state index in [2.05, 4.69) is 6.92 Å². The van der Waals surface area contributed by atoms with E-state index >= 15 is 0 Å². The zero-order valence-electron chi connectivity index (χ0n) is 20.7. The number of rotatable bonds is 11. The highest BCUT2D eigenvalue weighted by atomic mass is 19.3. The first-order valence-corrected chi connectivity index (χ1v) is 13.7. The molecular weight excluding hydrogens is 438 g/mol. The zero-order chi connectivity index (χ0) is 24.0. The minimum atomic E-state index is -3.65. The van der Waals surface area contributed by atoms with Crippen LogP contribution in [-0.4, -0.2) is 24.6 Å². The molecule has 1 heterocycles. The summed E-state index contributed by atoms with van der Waals surface area (Å²) < 4.78 is 43.8. The highest BCUT2D eigenvalue weighted by Crippen LogP contribution is 2.54. The van der Waals surface area contributed by atoms with Crippen LogP contribution >= 0.6 is 0 Å². The molecule has 192 valence electrons. The Kier molecular flexibility index (Phi) is 8.95. The lowest BCUT2D eigenvalue weighted by molar-refractivity contribution is -0.287. The SMILES string of the molecule is CCCC1CCC(C2CCC(c3ccc(OCCCCCCO)c4c3OC(F)(F)O4)CC2)CC1. The topological polar surface area (TPSA) is 47.9 Å². The molecule has 0 unspecified atom stereocenters. The smallest absolute Gasteiger partial charge is 0.490 e. The summed E-state index contributed by atoms with van der Waals surface area (Å²) in [5.74, 6) is 3.33. The van der Waals surface area contributed by atoms with Gasteiger partial charge in [-0.15, -0.1) is 8.78 Å². The molecule has 34 heavy (non-hydrogen) atoms. The summed E-state index contributed by atoms with van der Waals surface area (Å²) in [6.45, 7) is 2.91. The van der Waals surface area contributed by atoms with Crippen molar-refractivity contribution in [3.05, 3.63) is 17.7 Å². The zero-order valence-corrected chi connectivity index (χ0v) is 20.7. The Bertz CT molecular complexity index is 768. The van der Waals surface area contributed by atoms with Gasteiger partial charge in [0.2, 0.25) is 5.75 Å². The number of aliphatic hydroxyl groups excluding tert-OH is 1. The van der Waals surface area contributed by atoms with Crippen molar-refractivity contribution in [2.45, 2.75) is 109 Å². The van der Waals surface area contributed by atoms with E-state index in [1.165, 1.54) is 51.4 Å². The maximum atomic E-state index is 14.1. The third kappa shape index (κ3) is 6.35. The summed E-state index contributed by atoms with van der Waals surface area (Å²) in [6, 6.07) is 3.68. The predicted octanol–water partition coefficient (Wildman–Crippen LogP) is 7.82. The fourth-order valence-corrected chi connectivity index (χ4v) is 6.46. The van der Waals surface area contributed by atoms with Crippen molar-refractivity contribution in [1.82, 2.24) is 0 Å². The maximum Gasteiger partial charge on any atom is 0.586 e. The van der Waals surface area contributed by atoms with Gasteiger partial charge in [0.1, 0.15) is 0 Å². The largest absolute Gasteiger partial charge is 0.586 e. The third-order valence-electron chi connectivity index (χ3n) is 8.32. The molecule has 4 nitrogen and oxygen atoms in total. The molecular formula is C28H42F2O4. The molecule has 4 rings (SSSR count). The van der Waals surface area contributed by atoms with Gasteiger partial charge in [-0.3, -0.25) is 0 Å². The van der Waals surface area contributed by atoms with Gasteiger partial charge in [-0.2, -0.15) is 0 Å². The van der Waals surface area contributed by atoms with Crippen molar-refractivity contribution in [2.75, 3.05) is 13.2 Å². The summed E-state index contributed by atoms with van der Waals surface area (Å²) in [4.78, 5) is 0. The molecule has 0 aromatic heterocycles. The lowest BCUT2D eigenvalue weighted by Crippen LogP contribution is -2.27. The molecule has 0 atom stereocenters. The first kappa shape index (κ1) is 25.5. The summed E-state index contributed by atoms with van der Waals surface area (Å²) in [5, 5.41) is 8.86. The number of unbranched alkanes of at least 4 members (excludes halogenated alkanes) is 3. The van der Waals surface area contributed by atoms with Gasteiger partial charge in [-0.1, -0.05) is 45.1 Å². The number of aliphatic hydroxyl groups is 1. The molecule has 1 aromatic rings. The number of hydrogen-bond donors (Lipinski definition) is 1. The van der Waals surface area contributed by atoms with Gasteiger partial charge in [0.05, 0.1) is 6.61 Å². The third-order valence-corrected chi connectivity index (χ3v) is 8.32. The van der Waals surface area contributed by atoms with E-state index in [1.807, 2.05) is 6.07 Å². The van der Waals surface area contributed by atoms with E-state index in [0.29, 0.717) is 12.4 Å². The van der Waals surface area contributed by atoms with Gasteiger partial charge in [0.15, 0.2) is 11.5 Å². The van der Waals surface area contributed by atoms with Crippen molar-refractivity contribution < 1.29 is 28.1 Å². The Morgan fingerprint density at radius 1 is 0.882 bits per heavy atom. The molecule has 2 aliphatic carbocycles. The van der Waals surface area contributed by atoms with E-state index in [4.69, 9.17) is 19.3 Å². The van der Waals surface area contributed by atoms with Crippen molar-refractivity contribution in [1.29, 1.82) is 0 Å². The van der Waals surface area contributed by atoms with E-state index in [-0.39, 0.29) is 24.0 Å². The number of halogens is 2. The van der Waals surface area contributed by atoms with Gasteiger partial charge < -0.3 is 19.3 Å². The molecule has 1 aromatic carbocycles. The average Bonchev–Trinajstić information content (AvgIpc) is 3.17. The number of hydrogen-bond acceptors (Lipinski definition) is 4. The fraction of sp³-hybridized carbons (Fsp3) is 0.786. The molecule has 2 fully saturated rings. The average molecular weight is 481 g/mol. The molecule has 1 N–H and O–H groups in total. The van der Waals surface area contributed by atoms with Gasteiger partial charge >= 0.3 is 6.29 Å². The van der Waals surface area contributed by atoms with Crippen molar-refractivity contribution in [3.63, 3.8) is 0 Å². The van der Waals surface area contributed by atoms with Crippen molar-refractivity contribution in [3.8, 4) is 17.2 Å². The summed E-state index contributed by atoms with van der Waals surface area (Å²) in [6.07, 6.45) is 12.3. The van der Waals surface area contributed by atoms with Crippen LogP contribution in [0.5, 0.6) is 17.2 Å². The normalized spacial score (nSPS) is 28.1. The van der Waals surface area contributed by atoms with E-state index < -0.39 is 6.29 Å². The second-order valence-corrected chi connectivity index (χ2v) is 10.6. The molecule has 6 heteroatoms. The number of benzene rings is 1. The summed E-state index contributed by atoms with van der Waals surface area (Å²) in [5.41, 5.74) is 0.840. The number of ether oxygens (including phenoxy) is 3. The summed E-state index contributed by atoms with van der Waals surface area (Å²) in [7, 11) is 0. The standard InChI is InChI=1S/C28H42F2O4/c1-2-7-20-8-10-21(11-9-20)22-12-14-23(15-13-22)24-16-17-25(32-19-6-4-3-5-18-31)27-26(24)33-28(29,30)34-27/h16-17,20-23,31H,2-15,18-19H2,1H3. The lowest BCUT2D eigenvalue weighted by Gasteiger charge is -2.38.